The topological polar surface area (TPSA) is 29.5 Å². The smallest absolute Gasteiger partial charge is 0.143 e. The van der Waals surface area contributed by atoms with Crippen LogP contribution >= 0.6 is 0 Å². The first-order chi connectivity index (χ1) is 25.3. The van der Waals surface area contributed by atoms with Crippen molar-refractivity contribution in [3.05, 3.63) is 163 Å². The number of benzene rings is 7. The number of rotatable bonds is 4. The Kier molecular flexibility index (Phi) is 6.18. The van der Waals surface area contributed by atoms with Gasteiger partial charge in [-0.1, -0.05) is 128 Å². The Bertz CT molecular complexity index is 2790. The normalized spacial score (nSPS) is 14.8. The van der Waals surface area contributed by atoms with E-state index in [0.29, 0.717) is 0 Å². The van der Waals surface area contributed by atoms with E-state index in [2.05, 4.69) is 138 Å². The van der Waals surface area contributed by atoms with Gasteiger partial charge in [-0.25, -0.2) is 0 Å². The number of fused-ring (bicyclic) bond motifs is 11. The molecule has 0 atom stereocenters. The fraction of sp³-hybridized carbons (Fsp3) is 0.125. The minimum Gasteiger partial charge on any atom is -0.456 e. The standard InChI is InChI=1S/C48H35NO2/c1-8-29-48(30-9-1)38-18-5-2-14-36(38)45-39(48)19-11-20-40(45)49(41-21-12-24-44-46(41)37-15-4-7-23-43(37)50-44)32-27-25-31(26-28-32)33-16-10-17-35-34-13-3-6-22-42(34)51-47(33)35/h2-7,10-28H,1,8-9,29-30H2. The molecule has 1 spiro atoms. The molecule has 2 aromatic heterocycles. The molecule has 0 bridgehead atoms. The van der Waals surface area contributed by atoms with Crippen LogP contribution in [0.15, 0.2) is 160 Å². The van der Waals surface area contributed by atoms with E-state index < -0.39 is 0 Å². The minimum absolute atomic E-state index is 0.0648. The Morgan fingerprint density at radius 3 is 1.94 bits per heavy atom. The predicted molar refractivity (Wildman–Crippen MR) is 210 cm³/mol. The maximum absolute atomic E-state index is 6.46. The van der Waals surface area contributed by atoms with Crippen molar-refractivity contribution in [3.8, 4) is 22.3 Å². The number of para-hydroxylation sites is 3. The maximum atomic E-state index is 6.46. The highest BCUT2D eigenvalue weighted by Gasteiger charge is 2.45. The zero-order valence-corrected chi connectivity index (χ0v) is 28.2. The summed E-state index contributed by atoms with van der Waals surface area (Å²) >= 11 is 0. The summed E-state index contributed by atoms with van der Waals surface area (Å²) in [4.78, 5) is 2.48. The molecule has 0 N–H and O–H groups in total. The highest BCUT2D eigenvalue weighted by Crippen LogP contribution is 2.59. The third-order valence-electron chi connectivity index (χ3n) is 11.7. The second kappa shape index (κ2) is 11.0. The van der Waals surface area contributed by atoms with Crippen molar-refractivity contribution in [1.82, 2.24) is 0 Å². The van der Waals surface area contributed by atoms with Crippen LogP contribution in [-0.2, 0) is 5.41 Å². The van der Waals surface area contributed by atoms with Crippen molar-refractivity contribution in [2.45, 2.75) is 37.5 Å². The first-order valence-electron chi connectivity index (χ1n) is 18.2. The molecule has 0 amide bonds. The molecular weight excluding hydrogens is 623 g/mol. The second-order valence-corrected chi connectivity index (χ2v) is 14.3. The van der Waals surface area contributed by atoms with E-state index in [4.69, 9.17) is 8.83 Å². The number of anilines is 3. The van der Waals surface area contributed by atoms with E-state index in [1.807, 2.05) is 18.2 Å². The SMILES string of the molecule is c1ccc2c(c1)-c1c(N(c3ccc(-c4cccc5c4oc4ccccc45)cc3)c3cccc4oc5ccccc5c34)cccc1C21CCCCC1. The number of hydrogen-bond donors (Lipinski definition) is 0. The van der Waals surface area contributed by atoms with Crippen molar-refractivity contribution < 1.29 is 8.83 Å². The van der Waals surface area contributed by atoms with Gasteiger partial charge in [-0.15, -0.1) is 0 Å². The quantitative estimate of drug-likeness (QED) is 0.189. The summed E-state index contributed by atoms with van der Waals surface area (Å²) in [5, 5.41) is 4.53. The molecule has 0 radical (unpaired) electrons. The predicted octanol–water partition coefficient (Wildman–Crippen LogP) is 13.9. The van der Waals surface area contributed by atoms with Crippen molar-refractivity contribution in [3.63, 3.8) is 0 Å². The molecule has 244 valence electrons. The van der Waals surface area contributed by atoms with Gasteiger partial charge in [-0.05, 0) is 77.6 Å². The molecule has 3 nitrogen and oxygen atoms in total. The van der Waals surface area contributed by atoms with Crippen molar-refractivity contribution in [2.75, 3.05) is 4.90 Å². The zero-order valence-electron chi connectivity index (χ0n) is 28.2. The monoisotopic (exact) mass is 657 g/mol. The lowest BCUT2D eigenvalue weighted by Crippen LogP contribution is -2.28. The molecule has 11 rings (SSSR count). The second-order valence-electron chi connectivity index (χ2n) is 14.3. The van der Waals surface area contributed by atoms with E-state index in [0.717, 1.165) is 66.4 Å². The van der Waals surface area contributed by atoms with Gasteiger partial charge in [0, 0.05) is 38.4 Å². The minimum atomic E-state index is 0.0648. The molecule has 0 saturated heterocycles. The number of hydrogen-bond acceptors (Lipinski definition) is 3. The van der Waals surface area contributed by atoms with Gasteiger partial charge in [0.15, 0.2) is 0 Å². The summed E-state index contributed by atoms with van der Waals surface area (Å²) in [7, 11) is 0. The molecular formula is C48H35NO2. The zero-order chi connectivity index (χ0) is 33.5. The highest BCUT2D eigenvalue weighted by atomic mass is 16.3. The molecule has 9 aromatic rings. The van der Waals surface area contributed by atoms with Gasteiger partial charge in [-0.2, -0.15) is 0 Å². The molecule has 0 unspecified atom stereocenters. The fourth-order valence-corrected chi connectivity index (χ4v) is 9.48. The van der Waals surface area contributed by atoms with E-state index in [1.54, 1.807) is 0 Å². The number of furan rings is 2. The van der Waals surface area contributed by atoms with Crippen molar-refractivity contribution in [2.24, 2.45) is 0 Å². The highest BCUT2D eigenvalue weighted by molar-refractivity contribution is 6.14. The van der Waals surface area contributed by atoms with Gasteiger partial charge in [0.2, 0.25) is 0 Å². The Morgan fingerprint density at radius 2 is 1.08 bits per heavy atom. The summed E-state index contributed by atoms with van der Waals surface area (Å²) < 4.78 is 12.9. The third kappa shape index (κ3) is 4.12. The molecule has 1 fully saturated rings. The summed E-state index contributed by atoms with van der Waals surface area (Å²) in [5.41, 5.74) is 15.0. The summed E-state index contributed by atoms with van der Waals surface area (Å²) in [6, 6.07) is 54.9. The van der Waals surface area contributed by atoms with Crippen LogP contribution in [0.3, 0.4) is 0 Å². The van der Waals surface area contributed by atoms with Crippen LogP contribution in [-0.4, -0.2) is 0 Å². The Hall–Kier alpha value is -6.06. The van der Waals surface area contributed by atoms with Gasteiger partial charge < -0.3 is 13.7 Å². The Balaban J connectivity index is 1.15. The van der Waals surface area contributed by atoms with Gasteiger partial charge >= 0.3 is 0 Å². The lowest BCUT2D eigenvalue weighted by atomic mass is 9.68. The van der Waals surface area contributed by atoms with Crippen molar-refractivity contribution in [1.29, 1.82) is 0 Å². The lowest BCUT2D eigenvalue weighted by Gasteiger charge is -2.36. The number of nitrogens with zero attached hydrogens (tertiary/aromatic N) is 1. The summed E-state index contributed by atoms with van der Waals surface area (Å²) in [5.74, 6) is 0. The Morgan fingerprint density at radius 1 is 0.451 bits per heavy atom. The average molecular weight is 658 g/mol. The molecule has 2 heterocycles. The van der Waals surface area contributed by atoms with Crippen LogP contribution in [0.25, 0.3) is 66.1 Å². The van der Waals surface area contributed by atoms with Crippen LogP contribution in [0.4, 0.5) is 17.1 Å². The maximum Gasteiger partial charge on any atom is 0.143 e. The average Bonchev–Trinajstić information content (AvgIpc) is 3.85. The largest absolute Gasteiger partial charge is 0.456 e. The van der Waals surface area contributed by atoms with E-state index in [-0.39, 0.29) is 5.41 Å². The van der Waals surface area contributed by atoms with Crippen LogP contribution in [0.5, 0.6) is 0 Å². The van der Waals surface area contributed by atoms with E-state index in [1.165, 1.54) is 60.0 Å². The molecule has 2 aliphatic carbocycles. The van der Waals surface area contributed by atoms with Crippen LogP contribution < -0.4 is 4.90 Å². The first-order valence-corrected chi connectivity index (χ1v) is 18.2. The Labute approximate surface area is 296 Å². The lowest BCUT2D eigenvalue weighted by molar-refractivity contribution is 0.353. The van der Waals surface area contributed by atoms with Crippen molar-refractivity contribution >= 4 is 60.9 Å². The van der Waals surface area contributed by atoms with E-state index >= 15 is 0 Å². The van der Waals surface area contributed by atoms with Gasteiger partial charge in [-0.3, -0.25) is 0 Å². The van der Waals surface area contributed by atoms with Crippen LogP contribution in [0.1, 0.15) is 43.2 Å². The molecule has 1 saturated carbocycles. The van der Waals surface area contributed by atoms with Gasteiger partial charge in [0.05, 0.1) is 16.8 Å². The van der Waals surface area contributed by atoms with Gasteiger partial charge in [0.1, 0.15) is 22.3 Å². The van der Waals surface area contributed by atoms with Crippen LogP contribution in [0.2, 0.25) is 0 Å². The first kappa shape index (κ1) is 28.7. The van der Waals surface area contributed by atoms with Gasteiger partial charge in [0.25, 0.3) is 0 Å². The summed E-state index contributed by atoms with van der Waals surface area (Å²) in [6.07, 6.45) is 6.24. The molecule has 2 aliphatic rings. The fourth-order valence-electron chi connectivity index (χ4n) is 9.48. The molecule has 0 aliphatic heterocycles. The third-order valence-corrected chi connectivity index (χ3v) is 11.7. The van der Waals surface area contributed by atoms with E-state index in [9.17, 15) is 0 Å². The van der Waals surface area contributed by atoms with Crippen LogP contribution in [0, 0.1) is 0 Å². The molecule has 7 aromatic carbocycles. The summed E-state index contributed by atoms with van der Waals surface area (Å²) in [6.45, 7) is 0. The molecule has 3 heteroatoms. The molecule has 51 heavy (non-hydrogen) atoms.